The van der Waals surface area contributed by atoms with Gasteiger partial charge in [-0.3, -0.25) is 9.59 Å². The van der Waals surface area contributed by atoms with E-state index in [0.29, 0.717) is 22.8 Å². The summed E-state index contributed by atoms with van der Waals surface area (Å²) in [5.41, 5.74) is 1.93. The summed E-state index contributed by atoms with van der Waals surface area (Å²) < 4.78 is 0.930. The molecule has 0 unspecified atom stereocenters. The predicted octanol–water partition coefficient (Wildman–Crippen LogP) is 3.83. The van der Waals surface area contributed by atoms with Crippen molar-refractivity contribution in [3.05, 3.63) is 63.1 Å². The number of ketones is 1. The van der Waals surface area contributed by atoms with Gasteiger partial charge in [-0.15, -0.1) is 0 Å². The highest BCUT2D eigenvalue weighted by atomic mass is 79.9. The lowest BCUT2D eigenvalue weighted by Gasteiger charge is -2.16. The van der Waals surface area contributed by atoms with Gasteiger partial charge >= 0.3 is 0 Å². The van der Waals surface area contributed by atoms with Crippen LogP contribution in [0.3, 0.4) is 0 Å². The minimum absolute atomic E-state index is 0.345. The number of nitrogens with zero attached hydrogens (tertiary/aromatic N) is 1. The van der Waals surface area contributed by atoms with Gasteiger partial charge in [-0.25, -0.2) is 0 Å². The smallest absolute Gasteiger partial charge is 0.299 e. The number of anilines is 1. The lowest BCUT2D eigenvalue weighted by atomic mass is 10.1. The molecule has 5 heteroatoms. The minimum atomic E-state index is -0.512. The van der Waals surface area contributed by atoms with Crippen LogP contribution in [0.5, 0.6) is 0 Å². The molecule has 0 bridgehead atoms. The van der Waals surface area contributed by atoms with E-state index in [1.54, 1.807) is 18.2 Å². The standard InChI is InChI=1S/C15H9BrClNO2/c16-10-3-1-2-9(6-10)8-18-13-7-11(17)4-5-12(13)14(19)15(18)20/h1-7H,8H2. The van der Waals surface area contributed by atoms with Gasteiger partial charge in [0, 0.05) is 9.50 Å². The van der Waals surface area contributed by atoms with Crippen molar-refractivity contribution < 1.29 is 9.59 Å². The van der Waals surface area contributed by atoms with E-state index in [4.69, 9.17) is 11.6 Å². The van der Waals surface area contributed by atoms with E-state index in [9.17, 15) is 9.59 Å². The molecular weight excluding hydrogens is 342 g/mol. The summed E-state index contributed by atoms with van der Waals surface area (Å²) in [6.07, 6.45) is 0. The molecule has 0 spiro atoms. The fraction of sp³-hybridized carbons (Fsp3) is 0.0667. The Bertz CT molecular complexity index is 730. The Labute approximate surface area is 129 Å². The Morgan fingerprint density at radius 2 is 1.90 bits per heavy atom. The van der Waals surface area contributed by atoms with Crippen molar-refractivity contribution in [2.45, 2.75) is 6.54 Å². The second-order valence-corrected chi connectivity index (χ2v) is 5.86. The zero-order chi connectivity index (χ0) is 14.3. The molecule has 1 heterocycles. The van der Waals surface area contributed by atoms with Crippen LogP contribution in [0, 0.1) is 0 Å². The average Bonchev–Trinajstić information content (AvgIpc) is 2.64. The van der Waals surface area contributed by atoms with E-state index in [-0.39, 0.29) is 0 Å². The monoisotopic (exact) mass is 349 g/mol. The summed E-state index contributed by atoms with van der Waals surface area (Å²) in [6.45, 7) is 0.345. The Morgan fingerprint density at radius 1 is 1.10 bits per heavy atom. The van der Waals surface area contributed by atoms with Crippen molar-refractivity contribution in [2.24, 2.45) is 0 Å². The zero-order valence-corrected chi connectivity index (χ0v) is 12.6. The quantitative estimate of drug-likeness (QED) is 0.772. The molecular formula is C15H9BrClNO2. The van der Waals surface area contributed by atoms with Gasteiger partial charge in [-0.2, -0.15) is 0 Å². The number of fused-ring (bicyclic) bond motifs is 1. The van der Waals surface area contributed by atoms with Crippen molar-refractivity contribution in [3.63, 3.8) is 0 Å². The van der Waals surface area contributed by atoms with Crippen molar-refractivity contribution in [1.29, 1.82) is 0 Å². The van der Waals surface area contributed by atoms with Gasteiger partial charge in [0.1, 0.15) is 0 Å². The van der Waals surface area contributed by atoms with Gasteiger partial charge in [0.2, 0.25) is 0 Å². The first-order valence-corrected chi connectivity index (χ1v) is 7.13. The lowest BCUT2D eigenvalue weighted by molar-refractivity contribution is -0.114. The molecule has 1 amide bonds. The van der Waals surface area contributed by atoms with Crippen LogP contribution in [0.4, 0.5) is 5.69 Å². The molecule has 0 fully saturated rings. The molecule has 100 valence electrons. The second-order valence-electron chi connectivity index (χ2n) is 4.51. The molecule has 0 atom stereocenters. The number of benzene rings is 2. The van der Waals surface area contributed by atoms with Crippen LogP contribution in [0.15, 0.2) is 46.9 Å². The van der Waals surface area contributed by atoms with Gasteiger partial charge in [0.05, 0.1) is 17.8 Å². The summed E-state index contributed by atoms with van der Waals surface area (Å²) >= 11 is 9.35. The van der Waals surface area contributed by atoms with Crippen LogP contribution in [-0.2, 0) is 11.3 Å². The van der Waals surface area contributed by atoms with Crippen molar-refractivity contribution in [1.82, 2.24) is 0 Å². The van der Waals surface area contributed by atoms with Crippen LogP contribution in [0.2, 0.25) is 5.02 Å². The number of carbonyl (C=O) groups is 2. The summed E-state index contributed by atoms with van der Waals surface area (Å²) in [4.78, 5) is 25.5. The van der Waals surface area contributed by atoms with Crippen LogP contribution in [0.1, 0.15) is 15.9 Å². The summed E-state index contributed by atoms with van der Waals surface area (Å²) in [5.74, 6) is -0.992. The highest BCUT2D eigenvalue weighted by molar-refractivity contribution is 9.10. The first-order chi connectivity index (χ1) is 9.56. The van der Waals surface area contributed by atoms with E-state index in [1.807, 2.05) is 24.3 Å². The van der Waals surface area contributed by atoms with E-state index in [0.717, 1.165) is 10.0 Å². The number of hydrogen-bond acceptors (Lipinski definition) is 2. The zero-order valence-electron chi connectivity index (χ0n) is 10.3. The van der Waals surface area contributed by atoms with Crippen LogP contribution >= 0.6 is 27.5 Å². The molecule has 2 aromatic carbocycles. The summed E-state index contributed by atoms with van der Waals surface area (Å²) in [5, 5.41) is 0.505. The maximum atomic E-state index is 12.1. The van der Waals surface area contributed by atoms with Crippen LogP contribution < -0.4 is 4.90 Å². The van der Waals surface area contributed by atoms with Crippen molar-refractivity contribution in [2.75, 3.05) is 4.90 Å². The predicted molar refractivity (Wildman–Crippen MR) is 81.1 cm³/mol. The van der Waals surface area contributed by atoms with Gasteiger partial charge in [-0.05, 0) is 35.9 Å². The van der Waals surface area contributed by atoms with Gasteiger partial charge < -0.3 is 4.90 Å². The van der Waals surface area contributed by atoms with Crippen molar-refractivity contribution >= 4 is 44.9 Å². The highest BCUT2D eigenvalue weighted by Crippen LogP contribution is 2.32. The number of amides is 1. The molecule has 0 radical (unpaired) electrons. The maximum Gasteiger partial charge on any atom is 0.299 e. The Hall–Kier alpha value is -1.65. The first kappa shape index (κ1) is 13.3. The largest absolute Gasteiger partial charge is 0.300 e. The summed E-state index contributed by atoms with van der Waals surface area (Å²) in [7, 11) is 0. The van der Waals surface area contributed by atoms with E-state index >= 15 is 0 Å². The first-order valence-electron chi connectivity index (χ1n) is 5.96. The number of carbonyl (C=O) groups excluding carboxylic acids is 2. The third-order valence-corrected chi connectivity index (χ3v) is 3.89. The normalized spacial score (nSPS) is 13.8. The Kier molecular flexibility index (Phi) is 3.36. The maximum absolute atomic E-state index is 12.1. The lowest BCUT2D eigenvalue weighted by Crippen LogP contribution is -2.29. The molecule has 0 aromatic heterocycles. The van der Waals surface area contributed by atoms with Gasteiger partial charge in [-0.1, -0.05) is 39.7 Å². The highest BCUT2D eigenvalue weighted by Gasteiger charge is 2.35. The molecule has 0 saturated carbocycles. The van der Waals surface area contributed by atoms with Gasteiger partial charge in [0.25, 0.3) is 11.7 Å². The topological polar surface area (TPSA) is 37.4 Å². The molecule has 0 N–H and O–H groups in total. The third-order valence-electron chi connectivity index (χ3n) is 3.16. The second kappa shape index (κ2) is 5.04. The van der Waals surface area contributed by atoms with Crippen molar-refractivity contribution in [3.8, 4) is 0 Å². The molecule has 0 aliphatic carbocycles. The number of hydrogen-bond donors (Lipinski definition) is 0. The Balaban J connectivity index is 2.01. The number of Topliss-reactive ketones (excluding diaryl/α,β-unsaturated/α-hetero) is 1. The van der Waals surface area contributed by atoms with Crippen LogP contribution in [-0.4, -0.2) is 11.7 Å². The van der Waals surface area contributed by atoms with E-state index in [2.05, 4.69) is 15.9 Å². The Morgan fingerprint density at radius 3 is 2.65 bits per heavy atom. The molecule has 0 saturated heterocycles. The molecule has 3 rings (SSSR count). The fourth-order valence-electron chi connectivity index (χ4n) is 2.24. The molecule has 2 aromatic rings. The molecule has 1 aliphatic heterocycles. The average molecular weight is 351 g/mol. The van der Waals surface area contributed by atoms with Crippen LogP contribution in [0.25, 0.3) is 0 Å². The molecule has 3 nitrogen and oxygen atoms in total. The fourth-order valence-corrected chi connectivity index (χ4v) is 2.86. The summed E-state index contributed by atoms with van der Waals surface area (Å²) in [6, 6.07) is 12.5. The van der Waals surface area contributed by atoms with E-state index < -0.39 is 11.7 Å². The third kappa shape index (κ3) is 2.25. The number of halogens is 2. The number of rotatable bonds is 2. The minimum Gasteiger partial charge on any atom is -0.300 e. The van der Waals surface area contributed by atoms with Gasteiger partial charge in [0.15, 0.2) is 0 Å². The molecule has 1 aliphatic rings. The van der Waals surface area contributed by atoms with E-state index in [1.165, 1.54) is 4.90 Å². The molecule has 20 heavy (non-hydrogen) atoms. The SMILES string of the molecule is O=C1C(=O)N(Cc2cccc(Br)c2)c2cc(Cl)ccc21.